The Kier molecular flexibility index (Phi) is 6.26. The van der Waals surface area contributed by atoms with Gasteiger partial charge in [0.25, 0.3) is 0 Å². The molecule has 3 aliphatic rings. The molecule has 0 saturated carbocycles. The molecule has 1 aliphatic carbocycles. The fourth-order valence-electron chi connectivity index (χ4n) is 5.89. The summed E-state index contributed by atoms with van der Waals surface area (Å²) in [5.74, 6) is 1.80. The summed E-state index contributed by atoms with van der Waals surface area (Å²) in [6.07, 6.45) is 13.5. The maximum Gasteiger partial charge on any atom is 0.225 e. The van der Waals surface area contributed by atoms with Gasteiger partial charge in [-0.15, -0.1) is 0 Å². The molecule has 1 spiro atoms. The number of hydrogen-bond donors (Lipinski definition) is 1. The zero-order valence-corrected chi connectivity index (χ0v) is 20.4. The molecule has 0 radical (unpaired) electrons. The number of ether oxygens (including phenoxy) is 1. The molecule has 0 bridgehead atoms. The third kappa shape index (κ3) is 4.83. The summed E-state index contributed by atoms with van der Waals surface area (Å²) in [6.45, 7) is 5.06. The lowest BCUT2D eigenvalue weighted by atomic mass is 9.72. The number of nitrogens with one attached hydrogen (secondary N) is 1. The Morgan fingerprint density at radius 2 is 1.69 bits per heavy atom. The standard InChI is InChI=1S/C30H34N4O/c1-2-5-23(6-3-1)22-35-26-9-10-28-24(19-26)7-4-8-27(28)25-20-32-29(33-21-25)34-17-13-30(14-18-34)11-15-31-16-12-30/h1-3,5-6,8-10,19-21,31H,4,7,11-18,22H2. The average Bonchev–Trinajstić information content (AvgIpc) is 2.93. The third-order valence-corrected chi connectivity index (χ3v) is 8.10. The molecule has 1 aromatic heterocycles. The van der Waals surface area contributed by atoms with Crippen LogP contribution in [0.3, 0.4) is 0 Å². The van der Waals surface area contributed by atoms with Crippen LogP contribution in [0.15, 0.2) is 67.0 Å². The second-order valence-electron chi connectivity index (χ2n) is 10.3. The molecule has 0 amide bonds. The number of piperidine rings is 2. The normalized spacial score (nSPS) is 19.2. The van der Waals surface area contributed by atoms with Gasteiger partial charge in [-0.1, -0.05) is 42.5 Å². The van der Waals surface area contributed by atoms with Gasteiger partial charge in [0.15, 0.2) is 0 Å². The Balaban J connectivity index is 1.13. The smallest absolute Gasteiger partial charge is 0.225 e. The minimum absolute atomic E-state index is 0.544. The summed E-state index contributed by atoms with van der Waals surface area (Å²) in [7, 11) is 0. The molecule has 2 fully saturated rings. The minimum Gasteiger partial charge on any atom is -0.489 e. The number of aromatic nitrogens is 2. The first-order valence-corrected chi connectivity index (χ1v) is 13.1. The SMILES string of the molecule is C1=C(c2cnc(N3CCC4(CCNCC4)CC3)nc2)c2ccc(OCc3ccccc3)cc2CC1. The van der Waals surface area contributed by atoms with E-state index in [0.717, 1.165) is 43.2 Å². The van der Waals surface area contributed by atoms with Crippen molar-refractivity contribution in [1.29, 1.82) is 0 Å². The number of fused-ring (bicyclic) bond motifs is 1. The van der Waals surface area contributed by atoms with Crippen LogP contribution in [0.4, 0.5) is 5.95 Å². The van der Waals surface area contributed by atoms with Crippen LogP contribution in [0, 0.1) is 5.41 Å². The van der Waals surface area contributed by atoms with Crippen LogP contribution < -0.4 is 15.0 Å². The molecule has 3 aromatic rings. The molecule has 2 saturated heterocycles. The van der Waals surface area contributed by atoms with Gasteiger partial charge < -0.3 is 15.0 Å². The lowest BCUT2D eigenvalue weighted by molar-refractivity contribution is 0.154. The first-order valence-electron chi connectivity index (χ1n) is 13.1. The van der Waals surface area contributed by atoms with Gasteiger partial charge in [-0.25, -0.2) is 9.97 Å². The first kappa shape index (κ1) is 22.3. The molecule has 180 valence electrons. The Morgan fingerprint density at radius 3 is 2.46 bits per heavy atom. The van der Waals surface area contributed by atoms with Gasteiger partial charge in [-0.2, -0.15) is 0 Å². The monoisotopic (exact) mass is 466 g/mol. The lowest BCUT2D eigenvalue weighted by Crippen LogP contribution is -2.46. The number of allylic oxidation sites excluding steroid dienone is 1. The molecular formula is C30H34N4O. The predicted molar refractivity (Wildman–Crippen MR) is 141 cm³/mol. The fourth-order valence-corrected chi connectivity index (χ4v) is 5.89. The molecular weight excluding hydrogens is 432 g/mol. The van der Waals surface area contributed by atoms with Gasteiger partial charge in [-0.05, 0) is 91.4 Å². The van der Waals surface area contributed by atoms with Crippen molar-refractivity contribution in [1.82, 2.24) is 15.3 Å². The van der Waals surface area contributed by atoms with E-state index in [1.54, 1.807) is 0 Å². The number of hydrogen-bond acceptors (Lipinski definition) is 5. The number of aryl methyl sites for hydroxylation is 1. The zero-order chi connectivity index (χ0) is 23.5. The van der Waals surface area contributed by atoms with E-state index in [-0.39, 0.29) is 0 Å². The molecule has 3 heterocycles. The third-order valence-electron chi connectivity index (χ3n) is 8.10. The van der Waals surface area contributed by atoms with Crippen LogP contribution in [-0.4, -0.2) is 36.1 Å². The van der Waals surface area contributed by atoms with E-state index in [2.05, 4.69) is 46.6 Å². The van der Waals surface area contributed by atoms with E-state index < -0.39 is 0 Å². The maximum absolute atomic E-state index is 6.07. The largest absolute Gasteiger partial charge is 0.489 e. The van der Waals surface area contributed by atoms with Crippen LogP contribution in [0.2, 0.25) is 0 Å². The molecule has 2 aliphatic heterocycles. The Bertz CT molecular complexity index is 1170. The van der Waals surface area contributed by atoms with Crippen LogP contribution >= 0.6 is 0 Å². The van der Waals surface area contributed by atoms with Gasteiger partial charge >= 0.3 is 0 Å². The molecule has 0 atom stereocenters. The van der Waals surface area contributed by atoms with Gasteiger partial charge in [0.1, 0.15) is 12.4 Å². The van der Waals surface area contributed by atoms with E-state index in [1.165, 1.54) is 61.0 Å². The minimum atomic E-state index is 0.544. The fraction of sp³-hybridized carbons (Fsp3) is 0.400. The number of benzene rings is 2. The van der Waals surface area contributed by atoms with Crippen molar-refractivity contribution < 1.29 is 4.74 Å². The highest BCUT2D eigenvalue weighted by molar-refractivity contribution is 5.82. The van der Waals surface area contributed by atoms with Crippen molar-refractivity contribution in [3.05, 3.63) is 89.3 Å². The van der Waals surface area contributed by atoms with Gasteiger partial charge in [0.2, 0.25) is 5.95 Å². The van der Waals surface area contributed by atoms with Crippen molar-refractivity contribution in [3.63, 3.8) is 0 Å². The average molecular weight is 467 g/mol. The second-order valence-corrected chi connectivity index (χ2v) is 10.3. The van der Waals surface area contributed by atoms with E-state index in [0.29, 0.717) is 12.0 Å². The second kappa shape index (κ2) is 9.82. The van der Waals surface area contributed by atoms with Gasteiger partial charge in [0.05, 0.1) is 0 Å². The van der Waals surface area contributed by atoms with E-state index in [1.807, 2.05) is 30.6 Å². The summed E-state index contributed by atoms with van der Waals surface area (Å²) in [5.41, 5.74) is 6.66. The van der Waals surface area contributed by atoms with Crippen molar-refractivity contribution in [2.45, 2.75) is 45.1 Å². The molecule has 0 unspecified atom stereocenters. The van der Waals surface area contributed by atoms with Crippen LogP contribution in [-0.2, 0) is 13.0 Å². The number of nitrogens with zero attached hydrogens (tertiary/aromatic N) is 3. The molecule has 35 heavy (non-hydrogen) atoms. The van der Waals surface area contributed by atoms with Crippen molar-refractivity contribution in [3.8, 4) is 5.75 Å². The van der Waals surface area contributed by atoms with Crippen molar-refractivity contribution >= 4 is 11.5 Å². The summed E-state index contributed by atoms with van der Waals surface area (Å²) in [6, 6.07) is 16.8. The summed E-state index contributed by atoms with van der Waals surface area (Å²) < 4.78 is 6.07. The van der Waals surface area contributed by atoms with Crippen LogP contribution in [0.25, 0.3) is 5.57 Å². The van der Waals surface area contributed by atoms with Crippen molar-refractivity contribution in [2.24, 2.45) is 5.41 Å². The molecule has 6 rings (SSSR count). The summed E-state index contributed by atoms with van der Waals surface area (Å²) in [4.78, 5) is 12.0. The maximum atomic E-state index is 6.07. The Labute approximate surface area is 208 Å². The Morgan fingerprint density at radius 1 is 0.914 bits per heavy atom. The quantitative estimate of drug-likeness (QED) is 0.545. The topological polar surface area (TPSA) is 50.3 Å². The molecule has 5 heteroatoms. The zero-order valence-electron chi connectivity index (χ0n) is 20.4. The van der Waals surface area contributed by atoms with Crippen LogP contribution in [0.1, 0.15) is 54.4 Å². The highest BCUT2D eigenvalue weighted by atomic mass is 16.5. The van der Waals surface area contributed by atoms with E-state index in [4.69, 9.17) is 14.7 Å². The van der Waals surface area contributed by atoms with Gasteiger partial charge in [0, 0.05) is 31.0 Å². The molecule has 5 nitrogen and oxygen atoms in total. The number of rotatable bonds is 5. The molecule has 2 aromatic carbocycles. The summed E-state index contributed by atoms with van der Waals surface area (Å²) in [5, 5.41) is 3.51. The molecule has 1 N–H and O–H groups in total. The lowest BCUT2D eigenvalue weighted by Gasteiger charge is -2.44. The predicted octanol–water partition coefficient (Wildman–Crippen LogP) is 5.40. The van der Waals surface area contributed by atoms with E-state index >= 15 is 0 Å². The van der Waals surface area contributed by atoms with Crippen molar-refractivity contribution in [2.75, 3.05) is 31.1 Å². The Hall–Kier alpha value is -3.18. The highest BCUT2D eigenvalue weighted by Gasteiger charge is 2.36. The number of anilines is 1. The highest BCUT2D eigenvalue weighted by Crippen LogP contribution is 2.40. The summed E-state index contributed by atoms with van der Waals surface area (Å²) >= 11 is 0. The van der Waals surface area contributed by atoms with E-state index in [9.17, 15) is 0 Å². The van der Waals surface area contributed by atoms with Crippen LogP contribution in [0.5, 0.6) is 5.75 Å². The van der Waals surface area contributed by atoms with Gasteiger partial charge in [-0.3, -0.25) is 0 Å². The first-order chi connectivity index (χ1) is 17.3.